The monoisotopic (exact) mass is 448 g/mol. The van der Waals surface area contributed by atoms with Crippen molar-refractivity contribution in [1.29, 1.82) is 0 Å². The number of hydrogen-bond donors (Lipinski definition) is 2. The molecule has 0 radical (unpaired) electrons. The molecular weight excluding hydrogens is 416 g/mol. The van der Waals surface area contributed by atoms with Crippen molar-refractivity contribution in [3.8, 4) is 0 Å². The van der Waals surface area contributed by atoms with E-state index in [1.54, 1.807) is 6.92 Å². The number of fused-ring (bicyclic) bond motifs is 1. The summed E-state index contributed by atoms with van der Waals surface area (Å²) < 4.78 is 7.32. The first kappa shape index (κ1) is 24.0. The van der Waals surface area contributed by atoms with E-state index in [-0.39, 0.29) is 18.3 Å². The van der Waals surface area contributed by atoms with Crippen LogP contribution in [0.25, 0.3) is 11.2 Å². The van der Waals surface area contributed by atoms with Crippen molar-refractivity contribution in [1.82, 2.24) is 9.38 Å². The maximum absolute atomic E-state index is 12.3. The van der Waals surface area contributed by atoms with Gasteiger partial charge in [-0.3, -0.25) is 14.0 Å². The van der Waals surface area contributed by atoms with Gasteiger partial charge in [0.2, 0.25) is 0 Å². The van der Waals surface area contributed by atoms with E-state index in [0.29, 0.717) is 28.9 Å². The number of aryl methyl sites for hydroxylation is 2. The normalized spacial score (nSPS) is 12.4. The summed E-state index contributed by atoms with van der Waals surface area (Å²) in [6.07, 6.45) is 3.33. The zero-order chi connectivity index (χ0) is 24.2. The van der Waals surface area contributed by atoms with E-state index in [0.717, 1.165) is 17.9 Å². The van der Waals surface area contributed by atoms with Gasteiger partial charge in [-0.25, -0.2) is 4.98 Å². The van der Waals surface area contributed by atoms with E-state index in [1.165, 1.54) is 12.5 Å². The van der Waals surface area contributed by atoms with Crippen LogP contribution in [0.3, 0.4) is 0 Å². The minimum Gasteiger partial charge on any atom is -0.459 e. The third-order valence-electron chi connectivity index (χ3n) is 5.05. The summed E-state index contributed by atoms with van der Waals surface area (Å²) in [5.41, 5.74) is 9.77. The van der Waals surface area contributed by atoms with Crippen molar-refractivity contribution in [3.05, 3.63) is 71.2 Å². The largest absolute Gasteiger partial charge is 0.459 e. The van der Waals surface area contributed by atoms with Gasteiger partial charge >= 0.3 is 5.97 Å². The fourth-order valence-corrected chi connectivity index (χ4v) is 3.76. The molecule has 0 saturated carbocycles. The van der Waals surface area contributed by atoms with Crippen molar-refractivity contribution in [2.24, 2.45) is 5.73 Å². The van der Waals surface area contributed by atoms with Gasteiger partial charge in [0.05, 0.1) is 5.69 Å². The highest BCUT2D eigenvalue weighted by Gasteiger charge is 2.19. The quantitative estimate of drug-likeness (QED) is 0.397. The highest BCUT2D eigenvalue weighted by atomic mass is 16.6. The summed E-state index contributed by atoms with van der Waals surface area (Å²) in [5, 5.41) is 3.21. The molecule has 0 atom stereocenters. The zero-order valence-corrected chi connectivity index (χ0v) is 19.9. The van der Waals surface area contributed by atoms with Crippen LogP contribution in [0.4, 0.5) is 5.82 Å². The molecule has 3 rings (SSSR count). The highest BCUT2D eigenvalue weighted by molar-refractivity contribution is 6.20. The number of rotatable bonds is 8. The van der Waals surface area contributed by atoms with Crippen molar-refractivity contribution in [2.75, 3.05) is 11.9 Å². The molecule has 0 bridgehead atoms. The number of nitrogens with two attached hydrogens (primary N) is 1. The fraction of sp³-hybridized carbons (Fsp3) is 0.346. The summed E-state index contributed by atoms with van der Waals surface area (Å²) in [7, 11) is 0. The maximum atomic E-state index is 12.3. The van der Waals surface area contributed by atoms with E-state index in [1.807, 2.05) is 61.7 Å². The lowest BCUT2D eigenvalue weighted by atomic mass is 10.0. The molecule has 3 N–H and O–H groups in total. The van der Waals surface area contributed by atoms with Crippen LogP contribution in [-0.4, -0.2) is 33.3 Å². The first-order valence-electron chi connectivity index (χ1n) is 11.0. The number of carbonyl (C=O) groups excluding carboxylic acids is 2. The summed E-state index contributed by atoms with van der Waals surface area (Å²) in [4.78, 5) is 29.2. The molecule has 0 unspecified atom stereocenters. The Morgan fingerprint density at radius 2 is 1.79 bits per heavy atom. The Labute approximate surface area is 194 Å². The first-order valence-corrected chi connectivity index (χ1v) is 11.0. The number of nitrogens with zero attached hydrogens (tertiary/aromatic N) is 2. The Balaban J connectivity index is 1.96. The van der Waals surface area contributed by atoms with Crippen LogP contribution in [-0.2, 0) is 27.2 Å². The predicted octanol–water partition coefficient (Wildman–Crippen LogP) is 4.15. The van der Waals surface area contributed by atoms with Gasteiger partial charge in [-0.05, 0) is 70.7 Å². The average molecular weight is 449 g/mol. The average Bonchev–Trinajstić information content (AvgIpc) is 3.06. The molecule has 0 aliphatic rings. The van der Waals surface area contributed by atoms with Crippen molar-refractivity contribution >= 4 is 28.8 Å². The Morgan fingerprint density at radius 1 is 1.09 bits per heavy atom. The number of aromatic nitrogens is 2. The number of ketones is 1. The lowest BCUT2D eigenvalue weighted by Gasteiger charge is -2.20. The molecule has 0 fully saturated rings. The van der Waals surface area contributed by atoms with E-state index < -0.39 is 5.60 Å². The number of anilines is 1. The van der Waals surface area contributed by atoms with Gasteiger partial charge in [0, 0.05) is 17.5 Å². The van der Waals surface area contributed by atoms with Gasteiger partial charge in [0.15, 0.2) is 5.78 Å². The van der Waals surface area contributed by atoms with Crippen LogP contribution in [0, 0.1) is 0 Å². The van der Waals surface area contributed by atoms with Gasteiger partial charge < -0.3 is 15.8 Å². The van der Waals surface area contributed by atoms with Crippen LogP contribution in [0.1, 0.15) is 51.4 Å². The lowest BCUT2D eigenvalue weighted by molar-refractivity contribution is -0.152. The Kier molecular flexibility index (Phi) is 7.21. The number of esters is 1. The van der Waals surface area contributed by atoms with Crippen LogP contribution in [0.5, 0.6) is 0 Å². The summed E-state index contributed by atoms with van der Waals surface area (Å²) in [6.45, 7) is 8.75. The fourth-order valence-electron chi connectivity index (χ4n) is 3.76. The summed E-state index contributed by atoms with van der Waals surface area (Å²) in [5.74, 6) is 0.290. The minimum absolute atomic E-state index is 0.0195. The molecular formula is C26H32N4O3. The third kappa shape index (κ3) is 6.22. The van der Waals surface area contributed by atoms with E-state index in [2.05, 4.69) is 17.4 Å². The summed E-state index contributed by atoms with van der Waals surface area (Å²) in [6, 6.07) is 13.9. The number of ether oxygens (including phenoxy) is 1. The van der Waals surface area contributed by atoms with Crippen LogP contribution in [0.15, 0.2) is 54.4 Å². The van der Waals surface area contributed by atoms with Gasteiger partial charge in [0.1, 0.15) is 23.6 Å². The van der Waals surface area contributed by atoms with Crippen LogP contribution < -0.4 is 11.1 Å². The lowest BCUT2D eigenvalue weighted by Crippen LogP contribution is -2.28. The second-order valence-electron chi connectivity index (χ2n) is 9.09. The topological polar surface area (TPSA) is 98.7 Å². The zero-order valence-electron chi connectivity index (χ0n) is 19.9. The Bertz CT molecular complexity index is 1180. The maximum Gasteiger partial charge on any atom is 0.325 e. The molecule has 0 spiro atoms. The molecule has 2 heterocycles. The molecule has 7 nitrogen and oxygen atoms in total. The standard InChI is InChI=1S/C26H32N4O3/c1-17(27)24(18(2)31)20-13-14-30-22(15-20)29-21(12-11-19-9-7-6-8-10-19)25(30)28-16-23(32)33-26(3,4)5/h6-10,13-15,28H,11-12,16,27H2,1-5H3. The van der Waals surface area contributed by atoms with Crippen molar-refractivity contribution in [2.45, 2.75) is 53.1 Å². The molecule has 7 heteroatoms. The van der Waals surface area contributed by atoms with Crippen molar-refractivity contribution < 1.29 is 14.3 Å². The van der Waals surface area contributed by atoms with E-state index >= 15 is 0 Å². The molecule has 0 aliphatic carbocycles. The predicted molar refractivity (Wildman–Crippen MR) is 131 cm³/mol. The minimum atomic E-state index is -0.557. The molecule has 3 aromatic rings. The first-order chi connectivity index (χ1) is 15.5. The third-order valence-corrected chi connectivity index (χ3v) is 5.05. The van der Waals surface area contributed by atoms with Crippen LogP contribution >= 0.6 is 0 Å². The Morgan fingerprint density at radius 3 is 2.39 bits per heavy atom. The number of imidazole rings is 1. The number of hydrogen-bond acceptors (Lipinski definition) is 6. The number of Topliss-reactive ketones (excluding diaryl/α,β-unsaturated/α-hetero) is 1. The highest BCUT2D eigenvalue weighted by Crippen LogP contribution is 2.25. The van der Waals surface area contributed by atoms with Crippen LogP contribution in [0.2, 0.25) is 0 Å². The number of carbonyl (C=O) groups is 2. The molecule has 0 amide bonds. The Hall–Kier alpha value is -3.61. The molecule has 2 aromatic heterocycles. The summed E-state index contributed by atoms with van der Waals surface area (Å²) >= 11 is 0. The number of allylic oxidation sites excluding steroid dienone is 2. The van der Waals surface area contributed by atoms with Gasteiger partial charge in [-0.15, -0.1) is 0 Å². The molecule has 1 aromatic carbocycles. The SMILES string of the molecule is CC(=O)C(=C(C)N)c1ccn2c(NCC(=O)OC(C)(C)C)c(CCc3ccccc3)nc2c1. The van der Waals surface area contributed by atoms with Crippen molar-refractivity contribution in [3.63, 3.8) is 0 Å². The molecule has 0 saturated heterocycles. The molecule has 33 heavy (non-hydrogen) atoms. The van der Waals surface area contributed by atoms with Gasteiger partial charge in [0.25, 0.3) is 0 Å². The van der Waals surface area contributed by atoms with E-state index in [4.69, 9.17) is 15.5 Å². The number of benzene rings is 1. The van der Waals surface area contributed by atoms with Gasteiger partial charge in [-0.1, -0.05) is 30.3 Å². The number of nitrogens with one attached hydrogen (secondary N) is 1. The van der Waals surface area contributed by atoms with Gasteiger partial charge in [-0.2, -0.15) is 0 Å². The second-order valence-corrected chi connectivity index (χ2v) is 9.09. The smallest absolute Gasteiger partial charge is 0.325 e. The number of pyridine rings is 1. The second kappa shape index (κ2) is 9.90. The van der Waals surface area contributed by atoms with E-state index in [9.17, 15) is 9.59 Å². The molecule has 0 aliphatic heterocycles. The molecule has 174 valence electrons.